The van der Waals surface area contributed by atoms with Gasteiger partial charge in [0.05, 0.1) is 0 Å². The molecule has 1 N–H and O–H groups in total. The number of hydrogen-bond donors (Lipinski definition) is 1. The molecule has 1 amide bonds. The largest absolute Gasteiger partial charge is 0.341 e. The second-order valence-corrected chi connectivity index (χ2v) is 5.40. The molecule has 4 nitrogen and oxygen atoms in total. The minimum Gasteiger partial charge on any atom is -0.341 e. The number of hydrogen-bond acceptors (Lipinski definition) is 3. The summed E-state index contributed by atoms with van der Waals surface area (Å²) >= 11 is 0. The summed E-state index contributed by atoms with van der Waals surface area (Å²) in [5.74, 6) is 0.241. The minimum absolute atomic E-state index is 0.241. The van der Waals surface area contributed by atoms with Crippen molar-refractivity contribution < 1.29 is 4.79 Å². The highest BCUT2D eigenvalue weighted by Gasteiger charge is 2.19. The predicted molar refractivity (Wildman–Crippen MR) is 80.5 cm³/mol. The van der Waals surface area contributed by atoms with Gasteiger partial charge in [0.2, 0.25) is 5.91 Å². The smallest absolute Gasteiger partial charge is 0.223 e. The summed E-state index contributed by atoms with van der Waals surface area (Å²) in [5, 5.41) is 3.51. The molecule has 1 unspecified atom stereocenters. The van der Waals surface area contributed by atoms with E-state index in [-0.39, 0.29) is 5.91 Å². The van der Waals surface area contributed by atoms with Crippen LogP contribution in [0.4, 0.5) is 0 Å². The molecular formula is C16H25N3O. The Morgan fingerprint density at radius 3 is 3.00 bits per heavy atom. The number of amides is 1. The van der Waals surface area contributed by atoms with Gasteiger partial charge < -0.3 is 10.2 Å². The second kappa shape index (κ2) is 8.00. The van der Waals surface area contributed by atoms with Crippen LogP contribution in [0.1, 0.15) is 38.3 Å². The Kier molecular flexibility index (Phi) is 5.99. The van der Waals surface area contributed by atoms with Gasteiger partial charge in [0, 0.05) is 37.4 Å². The van der Waals surface area contributed by atoms with Crippen LogP contribution in [-0.2, 0) is 11.2 Å². The van der Waals surface area contributed by atoms with Crippen molar-refractivity contribution in [2.75, 3.05) is 19.6 Å². The molecule has 1 aromatic heterocycles. The number of nitrogens with one attached hydrogen (secondary N) is 1. The molecule has 0 radical (unpaired) electrons. The minimum atomic E-state index is 0.241. The summed E-state index contributed by atoms with van der Waals surface area (Å²) < 4.78 is 0. The number of aryl methyl sites for hydroxylation is 1. The lowest BCUT2D eigenvalue weighted by Crippen LogP contribution is -2.45. The maximum atomic E-state index is 12.3. The molecule has 4 heteroatoms. The van der Waals surface area contributed by atoms with Gasteiger partial charge in [-0.2, -0.15) is 0 Å². The van der Waals surface area contributed by atoms with Crippen molar-refractivity contribution >= 4 is 5.91 Å². The van der Waals surface area contributed by atoms with Gasteiger partial charge in [-0.25, -0.2) is 0 Å². The molecule has 20 heavy (non-hydrogen) atoms. The molecule has 0 spiro atoms. The highest BCUT2D eigenvalue weighted by molar-refractivity contribution is 5.76. The van der Waals surface area contributed by atoms with Gasteiger partial charge in [0.1, 0.15) is 0 Å². The Hall–Kier alpha value is -1.42. The third-order valence-corrected chi connectivity index (χ3v) is 3.91. The molecule has 1 aromatic rings. The van der Waals surface area contributed by atoms with Crippen LogP contribution in [0.2, 0.25) is 0 Å². The fourth-order valence-corrected chi connectivity index (χ4v) is 2.69. The van der Waals surface area contributed by atoms with Crippen LogP contribution in [0.3, 0.4) is 0 Å². The molecule has 1 aliphatic rings. The van der Waals surface area contributed by atoms with Gasteiger partial charge in [0.25, 0.3) is 0 Å². The highest BCUT2D eigenvalue weighted by atomic mass is 16.2. The van der Waals surface area contributed by atoms with Gasteiger partial charge in [-0.1, -0.05) is 12.5 Å². The fourth-order valence-electron chi connectivity index (χ4n) is 2.69. The summed E-state index contributed by atoms with van der Waals surface area (Å²) in [6, 6.07) is 6.32. The van der Waals surface area contributed by atoms with Crippen molar-refractivity contribution in [2.45, 2.75) is 45.1 Å². The van der Waals surface area contributed by atoms with Crippen LogP contribution >= 0.6 is 0 Å². The SMILES string of the molecule is CCN(CC1CCCCN1)C(=O)CCc1ccccn1. The lowest BCUT2D eigenvalue weighted by atomic mass is 10.0. The molecule has 1 saturated heterocycles. The van der Waals surface area contributed by atoms with Crippen molar-refractivity contribution in [1.29, 1.82) is 0 Å². The van der Waals surface area contributed by atoms with Gasteiger partial charge in [-0.3, -0.25) is 9.78 Å². The maximum Gasteiger partial charge on any atom is 0.223 e. The van der Waals surface area contributed by atoms with E-state index in [0.717, 1.165) is 31.7 Å². The first-order chi connectivity index (χ1) is 9.79. The van der Waals surface area contributed by atoms with E-state index >= 15 is 0 Å². The molecule has 1 atom stereocenters. The molecular weight excluding hydrogens is 250 g/mol. The molecule has 0 aromatic carbocycles. The fraction of sp³-hybridized carbons (Fsp3) is 0.625. The lowest BCUT2D eigenvalue weighted by molar-refractivity contribution is -0.131. The van der Waals surface area contributed by atoms with Crippen LogP contribution < -0.4 is 5.32 Å². The van der Waals surface area contributed by atoms with Crippen molar-refractivity contribution in [3.05, 3.63) is 30.1 Å². The van der Waals surface area contributed by atoms with E-state index in [1.54, 1.807) is 6.20 Å². The van der Waals surface area contributed by atoms with E-state index in [0.29, 0.717) is 12.5 Å². The number of carbonyl (C=O) groups excluding carboxylic acids is 1. The van der Waals surface area contributed by atoms with Gasteiger partial charge in [-0.15, -0.1) is 0 Å². The summed E-state index contributed by atoms with van der Waals surface area (Å²) in [6.45, 7) is 4.78. The highest BCUT2D eigenvalue weighted by Crippen LogP contribution is 2.10. The topological polar surface area (TPSA) is 45.2 Å². The van der Waals surface area contributed by atoms with E-state index in [1.807, 2.05) is 23.1 Å². The zero-order valence-electron chi connectivity index (χ0n) is 12.3. The van der Waals surface area contributed by atoms with Crippen molar-refractivity contribution in [3.8, 4) is 0 Å². The Bertz CT molecular complexity index is 401. The van der Waals surface area contributed by atoms with E-state index in [2.05, 4.69) is 17.2 Å². The lowest BCUT2D eigenvalue weighted by Gasteiger charge is -2.30. The van der Waals surface area contributed by atoms with Crippen LogP contribution in [0.15, 0.2) is 24.4 Å². The summed E-state index contributed by atoms with van der Waals surface area (Å²) in [4.78, 5) is 18.5. The van der Waals surface area contributed by atoms with Crippen LogP contribution in [0, 0.1) is 0 Å². The number of pyridine rings is 1. The molecule has 1 fully saturated rings. The number of nitrogens with zero attached hydrogens (tertiary/aromatic N) is 2. The van der Waals surface area contributed by atoms with E-state index in [4.69, 9.17) is 0 Å². The van der Waals surface area contributed by atoms with Crippen LogP contribution in [0.5, 0.6) is 0 Å². The Morgan fingerprint density at radius 2 is 2.35 bits per heavy atom. The molecule has 2 rings (SSSR count). The number of aromatic nitrogens is 1. The first-order valence-corrected chi connectivity index (χ1v) is 7.70. The molecule has 110 valence electrons. The predicted octanol–water partition coefficient (Wildman–Crippen LogP) is 2.00. The number of likely N-dealkylation sites (N-methyl/N-ethyl adjacent to an activating group) is 1. The third kappa shape index (κ3) is 4.60. The van der Waals surface area contributed by atoms with Gasteiger partial charge >= 0.3 is 0 Å². The second-order valence-electron chi connectivity index (χ2n) is 5.40. The van der Waals surface area contributed by atoms with E-state index in [9.17, 15) is 4.79 Å². The number of piperidine rings is 1. The molecule has 0 saturated carbocycles. The Morgan fingerprint density at radius 1 is 1.45 bits per heavy atom. The van der Waals surface area contributed by atoms with E-state index in [1.165, 1.54) is 19.3 Å². The zero-order valence-corrected chi connectivity index (χ0v) is 12.3. The molecule has 1 aliphatic heterocycles. The van der Waals surface area contributed by atoms with Gasteiger partial charge in [-0.05, 0) is 44.9 Å². The summed E-state index contributed by atoms with van der Waals surface area (Å²) in [5.41, 5.74) is 0.993. The average Bonchev–Trinajstić information content (AvgIpc) is 2.52. The van der Waals surface area contributed by atoms with Crippen molar-refractivity contribution in [2.24, 2.45) is 0 Å². The number of rotatable bonds is 6. The normalized spacial score (nSPS) is 18.8. The van der Waals surface area contributed by atoms with Crippen LogP contribution in [-0.4, -0.2) is 41.5 Å². The number of carbonyl (C=O) groups is 1. The third-order valence-electron chi connectivity index (χ3n) is 3.91. The maximum absolute atomic E-state index is 12.3. The molecule has 0 bridgehead atoms. The molecule has 2 heterocycles. The Labute approximate surface area is 121 Å². The monoisotopic (exact) mass is 275 g/mol. The summed E-state index contributed by atoms with van der Waals surface area (Å²) in [6.07, 6.45) is 6.78. The van der Waals surface area contributed by atoms with Gasteiger partial charge in [0.15, 0.2) is 0 Å². The first kappa shape index (κ1) is 15.0. The first-order valence-electron chi connectivity index (χ1n) is 7.70. The van der Waals surface area contributed by atoms with Crippen molar-refractivity contribution in [3.63, 3.8) is 0 Å². The quantitative estimate of drug-likeness (QED) is 0.863. The molecule has 0 aliphatic carbocycles. The average molecular weight is 275 g/mol. The van der Waals surface area contributed by atoms with Crippen LogP contribution in [0.25, 0.3) is 0 Å². The zero-order chi connectivity index (χ0) is 14.2. The summed E-state index contributed by atoms with van der Waals surface area (Å²) in [7, 11) is 0. The van der Waals surface area contributed by atoms with E-state index < -0.39 is 0 Å². The van der Waals surface area contributed by atoms with Crippen molar-refractivity contribution in [1.82, 2.24) is 15.2 Å². The Balaban J connectivity index is 1.79. The standard InChI is InChI=1S/C16H25N3O/c1-2-19(13-15-8-4-6-12-18-15)16(20)10-9-14-7-3-5-11-17-14/h3,5,7,11,15,18H,2,4,6,8-10,12-13H2,1H3.